The fraction of sp³-hybridized carbons (Fsp3) is 0.500. The van der Waals surface area contributed by atoms with E-state index < -0.39 is 0 Å². The molecule has 0 fully saturated rings. The second kappa shape index (κ2) is 6.11. The van der Waals surface area contributed by atoms with Crippen LogP contribution in [0.5, 0.6) is 0 Å². The number of rotatable bonds is 5. The quantitative estimate of drug-likeness (QED) is 0.892. The largest absolute Gasteiger partial charge is 0.314 e. The van der Waals surface area contributed by atoms with E-state index >= 15 is 0 Å². The topological polar surface area (TPSA) is 37.8 Å². The molecule has 0 bridgehead atoms. The summed E-state index contributed by atoms with van der Waals surface area (Å²) in [6.45, 7) is 9.83. The van der Waals surface area contributed by atoms with Gasteiger partial charge in [0.15, 0.2) is 0 Å². The summed E-state index contributed by atoms with van der Waals surface area (Å²) in [5.41, 5.74) is 3.03. The first-order valence-corrected chi connectivity index (χ1v) is 7.08. The Kier molecular flexibility index (Phi) is 4.48. The Hall–Kier alpha value is -1.48. The van der Waals surface area contributed by atoms with Crippen molar-refractivity contribution < 1.29 is 0 Å². The lowest BCUT2D eigenvalue weighted by Gasteiger charge is -2.27. The van der Waals surface area contributed by atoms with Crippen molar-refractivity contribution in [3.05, 3.63) is 36.2 Å². The van der Waals surface area contributed by atoms with E-state index in [9.17, 15) is 0 Å². The highest BCUT2D eigenvalue weighted by molar-refractivity contribution is 5.73. The number of likely N-dealkylation sites (N-methyl/N-ethyl adjacent to an activating group) is 1. The van der Waals surface area contributed by atoms with Crippen molar-refractivity contribution in [2.75, 3.05) is 6.54 Å². The van der Waals surface area contributed by atoms with Gasteiger partial charge in [0.05, 0.1) is 16.7 Å². The van der Waals surface area contributed by atoms with Crippen molar-refractivity contribution >= 4 is 11.0 Å². The van der Waals surface area contributed by atoms with E-state index in [0.717, 1.165) is 23.3 Å². The van der Waals surface area contributed by atoms with Crippen LogP contribution >= 0.6 is 0 Å². The number of benzene rings is 1. The molecule has 0 radical (unpaired) electrons. The normalized spacial score (nSPS) is 14.8. The lowest BCUT2D eigenvalue weighted by Crippen LogP contribution is -2.35. The minimum absolute atomic E-state index is 0.386. The predicted molar refractivity (Wildman–Crippen MR) is 80.3 cm³/mol. The van der Waals surface area contributed by atoms with Gasteiger partial charge in [-0.3, -0.25) is 4.98 Å². The number of nitrogens with one attached hydrogen (secondary N) is 1. The zero-order chi connectivity index (χ0) is 13.8. The van der Waals surface area contributed by atoms with Gasteiger partial charge in [-0.1, -0.05) is 32.9 Å². The smallest absolute Gasteiger partial charge is 0.0890 e. The molecule has 2 rings (SSSR count). The molecule has 2 unspecified atom stereocenters. The molecule has 1 aromatic heterocycles. The molecule has 2 atom stereocenters. The van der Waals surface area contributed by atoms with Crippen molar-refractivity contribution in [3.63, 3.8) is 0 Å². The van der Waals surface area contributed by atoms with Crippen LogP contribution in [0, 0.1) is 5.92 Å². The van der Waals surface area contributed by atoms with E-state index in [-0.39, 0.29) is 0 Å². The summed E-state index contributed by atoms with van der Waals surface area (Å²) in [7, 11) is 0. The molecule has 0 saturated heterocycles. The summed E-state index contributed by atoms with van der Waals surface area (Å²) in [6, 6.07) is 8.45. The molecule has 19 heavy (non-hydrogen) atoms. The third-order valence-corrected chi connectivity index (χ3v) is 3.59. The van der Waals surface area contributed by atoms with Crippen LogP contribution in [0.3, 0.4) is 0 Å². The number of nitrogens with zero attached hydrogens (tertiary/aromatic N) is 2. The highest BCUT2D eigenvalue weighted by Gasteiger charge is 2.24. The van der Waals surface area contributed by atoms with Gasteiger partial charge in [0, 0.05) is 18.2 Å². The second-order valence-corrected chi connectivity index (χ2v) is 5.40. The first-order chi connectivity index (χ1) is 9.13. The molecule has 2 aromatic rings. The molecule has 0 saturated carbocycles. The Morgan fingerprint density at radius 2 is 1.79 bits per heavy atom. The fourth-order valence-corrected chi connectivity index (χ4v) is 2.76. The maximum absolute atomic E-state index is 4.80. The van der Waals surface area contributed by atoms with Crippen LogP contribution in [0.25, 0.3) is 11.0 Å². The summed E-state index contributed by atoms with van der Waals surface area (Å²) in [5, 5.41) is 3.51. The Morgan fingerprint density at radius 3 is 2.42 bits per heavy atom. The first-order valence-electron chi connectivity index (χ1n) is 7.08. The van der Waals surface area contributed by atoms with Crippen molar-refractivity contribution in [2.24, 2.45) is 5.92 Å². The highest BCUT2D eigenvalue weighted by atomic mass is 14.9. The number of aromatic nitrogens is 2. The van der Waals surface area contributed by atoms with E-state index in [1.54, 1.807) is 0 Å². The molecule has 0 spiro atoms. The van der Waals surface area contributed by atoms with Crippen molar-refractivity contribution in [2.45, 2.75) is 39.7 Å². The van der Waals surface area contributed by atoms with E-state index in [0.29, 0.717) is 17.9 Å². The summed E-state index contributed by atoms with van der Waals surface area (Å²) in [6.07, 6.45) is 1.93. The molecule has 3 heteroatoms. The van der Waals surface area contributed by atoms with Crippen LogP contribution in [0.15, 0.2) is 30.5 Å². The zero-order valence-electron chi connectivity index (χ0n) is 12.2. The molecule has 0 aliphatic heterocycles. The number of para-hydroxylation sites is 2. The van der Waals surface area contributed by atoms with Crippen LogP contribution in [0.4, 0.5) is 0 Å². The van der Waals surface area contributed by atoms with E-state index in [1.807, 2.05) is 30.5 Å². The standard InChI is InChI=1S/C16H23N3/c1-5-17-12(4)16(11(2)3)15-10-18-13-8-6-7-9-14(13)19-15/h6-12,16-17H,5H2,1-4H3. The van der Waals surface area contributed by atoms with Gasteiger partial charge in [-0.2, -0.15) is 0 Å². The van der Waals surface area contributed by atoms with E-state index in [2.05, 4.69) is 38.0 Å². The van der Waals surface area contributed by atoms with Gasteiger partial charge in [-0.05, 0) is 31.5 Å². The maximum atomic E-state index is 4.80. The van der Waals surface area contributed by atoms with Crippen LogP contribution in [-0.2, 0) is 0 Å². The van der Waals surface area contributed by atoms with Crippen LogP contribution in [0.2, 0.25) is 0 Å². The molecule has 1 aromatic carbocycles. The molecule has 0 aliphatic rings. The Bertz CT molecular complexity index is 536. The van der Waals surface area contributed by atoms with Gasteiger partial charge in [-0.25, -0.2) is 4.98 Å². The molecular formula is C16H23N3. The molecule has 1 heterocycles. The fourth-order valence-electron chi connectivity index (χ4n) is 2.76. The first kappa shape index (κ1) is 13.9. The average molecular weight is 257 g/mol. The van der Waals surface area contributed by atoms with Gasteiger partial charge < -0.3 is 5.32 Å². The molecule has 0 amide bonds. The van der Waals surface area contributed by atoms with Crippen molar-refractivity contribution in [3.8, 4) is 0 Å². The van der Waals surface area contributed by atoms with Gasteiger partial charge in [0.2, 0.25) is 0 Å². The van der Waals surface area contributed by atoms with Crippen LogP contribution in [0.1, 0.15) is 39.3 Å². The van der Waals surface area contributed by atoms with Gasteiger partial charge in [-0.15, -0.1) is 0 Å². The number of fused-ring (bicyclic) bond motifs is 1. The Morgan fingerprint density at radius 1 is 1.11 bits per heavy atom. The average Bonchev–Trinajstić information content (AvgIpc) is 2.38. The summed E-state index contributed by atoms with van der Waals surface area (Å²) >= 11 is 0. The van der Waals surface area contributed by atoms with Crippen LogP contribution < -0.4 is 5.32 Å². The van der Waals surface area contributed by atoms with Crippen LogP contribution in [-0.4, -0.2) is 22.6 Å². The van der Waals surface area contributed by atoms with Gasteiger partial charge in [0.25, 0.3) is 0 Å². The lowest BCUT2D eigenvalue weighted by molar-refractivity contribution is 0.376. The van der Waals surface area contributed by atoms with Crippen molar-refractivity contribution in [1.29, 1.82) is 0 Å². The SMILES string of the molecule is CCNC(C)C(c1cnc2ccccc2n1)C(C)C. The van der Waals surface area contributed by atoms with Gasteiger partial charge in [0.1, 0.15) is 0 Å². The molecule has 102 valence electrons. The van der Waals surface area contributed by atoms with E-state index in [1.165, 1.54) is 0 Å². The Balaban J connectivity index is 2.38. The summed E-state index contributed by atoms with van der Waals surface area (Å²) in [5.74, 6) is 0.918. The predicted octanol–water partition coefficient (Wildman–Crippen LogP) is 3.37. The summed E-state index contributed by atoms with van der Waals surface area (Å²) < 4.78 is 0. The minimum atomic E-state index is 0.386. The zero-order valence-corrected chi connectivity index (χ0v) is 12.2. The highest BCUT2D eigenvalue weighted by Crippen LogP contribution is 2.27. The third-order valence-electron chi connectivity index (χ3n) is 3.59. The maximum Gasteiger partial charge on any atom is 0.0890 e. The second-order valence-electron chi connectivity index (χ2n) is 5.40. The molecular weight excluding hydrogens is 234 g/mol. The molecule has 1 N–H and O–H groups in total. The van der Waals surface area contributed by atoms with E-state index in [4.69, 9.17) is 4.98 Å². The summed E-state index contributed by atoms with van der Waals surface area (Å²) in [4.78, 5) is 9.33. The lowest BCUT2D eigenvalue weighted by atomic mass is 9.86. The third kappa shape index (κ3) is 3.10. The number of hydrogen-bond acceptors (Lipinski definition) is 3. The van der Waals surface area contributed by atoms with Gasteiger partial charge >= 0.3 is 0 Å². The minimum Gasteiger partial charge on any atom is -0.314 e. The number of hydrogen-bond donors (Lipinski definition) is 1. The van der Waals surface area contributed by atoms with Crippen molar-refractivity contribution in [1.82, 2.24) is 15.3 Å². The molecule has 0 aliphatic carbocycles. The Labute approximate surface area is 115 Å². The molecule has 3 nitrogen and oxygen atoms in total. The monoisotopic (exact) mass is 257 g/mol.